The van der Waals surface area contributed by atoms with Gasteiger partial charge in [-0.15, -0.1) is 0 Å². The summed E-state index contributed by atoms with van der Waals surface area (Å²) >= 11 is 0. The van der Waals surface area contributed by atoms with Crippen LogP contribution in [-0.4, -0.2) is 127 Å². The predicted octanol–water partition coefficient (Wildman–Crippen LogP) is 2.18. The Kier molecular flexibility index (Phi) is 18.6. The molecule has 1 aromatic carbocycles. The molecule has 0 aliphatic carbocycles. The lowest BCUT2D eigenvalue weighted by molar-refractivity contribution is -0.177. The molecule has 0 aromatic heterocycles. The molecule has 17 nitrogen and oxygen atoms in total. The van der Waals surface area contributed by atoms with Crippen molar-refractivity contribution in [2.24, 2.45) is 4.99 Å². The first-order chi connectivity index (χ1) is 25.3. The lowest BCUT2D eigenvalue weighted by atomic mass is 10.1. The number of nitrogens with one attached hydrogen (secondary N) is 2. The van der Waals surface area contributed by atoms with Crippen molar-refractivity contribution in [3.63, 3.8) is 0 Å². The van der Waals surface area contributed by atoms with Gasteiger partial charge in [-0.05, 0) is 82.9 Å². The highest BCUT2D eigenvalue weighted by Gasteiger charge is 2.33. The van der Waals surface area contributed by atoms with Crippen molar-refractivity contribution in [3.8, 4) is 5.75 Å². The van der Waals surface area contributed by atoms with E-state index in [1.807, 2.05) is 0 Å². The van der Waals surface area contributed by atoms with E-state index in [0.29, 0.717) is 55.6 Å². The number of aromatic hydroxyl groups is 1. The zero-order valence-corrected chi connectivity index (χ0v) is 30.2. The smallest absolute Gasteiger partial charge is 0.328 e. The maximum absolute atomic E-state index is 13.4. The highest BCUT2D eigenvalue weighted by molar-refractivity contribution is 6.00. The van der Waals surface area contributed by atoms with Crippen molar-refractivity contribution >= 4 is 29.7 Å². The second kappa shape index (κ2) is 22.8. The van der Waals surface area contributed by atoms with E-state index in [1.165, 1.54) is 12.1 Å². The number of unbranched alkanes of at least 4 members (excludes halogenated alkanes) is 5. The Hall–Kier alpha value is -4.13. The van der Waals surface area contributed by atoms with Crippen LogP contribution in [0.2, 0.25) is 0 Å². The van der Waals surface area contributed by atoms with E-state index in [-0.39, 0.29) is 50.6 Å². The fourth-order valence-corrected chi connectivity index (χ4v) is 5.91. The lowest BCUT2D eigenvalue weighted by Gasteiger charge is -2.25. The average Bonchev–Trinajstić information content (AvgIpc) is 3.55. The molecule has 296 valence electrons. The number of benzene rings is 1. The van der Waals surface area contributed by atoms with Gasteiger partial charge in [-0.2, -0.15) is 5.06 Å². The quantitative estimate of drug-likeness (QED) is 0.0200. The minimum Gasteiger partial charge on any atom is -0.507 e. The standard InChI is InChI=1S/C36H55N5O12/c1-24(22-30(43)37-26-15-10-13-21-41(51)35(26)48)53-36(49)27(38-33(47)28-23-52-34(39-28)25-14-8-9-17-29(25)42)16-11-12-20-40(50)31(44)18-6-4-2-3-5-7-19-32(45)46/h6,8-9,14,17-18,24,26-28,30-31,37,42-44,50-51H,2-5,7,10-13,15-16,19-23H2,1H3,(H,38,47)(H,45,46). The summed E-state index contributed by atoms with van der Waals surface area (Å²) in [6.45, 7) is 1.70. The second-order valence-electron chi connectivity index (χ2n) is 13.4. The molecule has 0 bridgehead atoms. The fourth-order valence-electron chi connectivity index (χ4n) is 5.91. The van der Waals surface area contributed by atoms with Crippen molar-refractivity contribution in [3.05, 3.63) is 42.0 Å². The van der Waals surface area contributed by atoms with Crippen LogP contribution in [0.5, 0.6) is 5.75 Å². The van der Waals surface area contributed by atoms with E-state index < -0.39 is 60.4 Å². The summed E-state index contributed by atoms with van der Waals surface area (Å²) in [5.74, 6) is -2.74. The van der Waals surface area contributed by atoms with Gasteiger partial charge in [0.2, 0.25) is 11.8 Å². The van der Waals surface area contributed by atoms with Crippen LogP contribution >= 0.6 is 0 Å². The maximum atomic E-state index is 13.4. The molecular weight excluding hydrogens is 694 g/mol. The largest absolute Gasteiger partial charge is 0.507 e. The lowest BCUT2D eigenvalue weighted by Crippen LogP contribution is -2.49. The SMILES string of the molecule is CC(CC(O)NC1CCCCN(O)C1=O)OC(=O)C(CCCCN(O)C(O)C=CCCCCCCC(=O)O)NC(=O)C1COC(c2ccccc2O)=N1. The van der Waals surface area contributed by atoms with E-state index in [0.717, 1.165) is 24.3 Å². The number of aliphatic carboxylic acids is 1. The van der Waals surface area contributed by atoms with Crippen LogP contribution in [0.1, 0.15) is 96.0 Å². The maximum Gasteiger partial charge on any atom is 0.328 e. The normalized spacial score (nSPS) is 20.0. The molecule has 0 saturated carbocycles. The van der Waals surface area contributed by atoms with Gasteiger partial charge in [0.25, 0.3) is 5.91 Å². The Morgan fingerprint density at radius 2 is 1.87 bits per heavy atom. The van der Waals surface area contributed by atoms with Crippen molar-refractivity contribution in [1.82, 2.24) is 20.8 Å². The number of rotatable bonds is 23. The number of amides is 2. The number of carbonyl (C=O) groups is 4. The van der Waals surface area contributed by atoms with Crippen molar-refractivity contribution in [1.29, 1.82) is 0 Å². The molecule has 8 N–H and O–H groups in total. The number of hydrogen-bond donors (Lipinski definition) is 8. The Labute approximate surface area is 309 Å². The summed E-state index contributed by atoms with van der Waals surface area (Å²) in [6, 6.07) is 3.42. The van der Waals surface area contributed by atoms with Gasteiger partial charge in [0.1, 0.15) is 37.0 Å². The number of carboxylic acid groups (broad SMARTS) is 1. The van der Waals surface area contributed by atoms with Gasteiger partial charge in [0.15, 0.2) is 6.04 Å². The zero-order chi connectivity index (χ0) is 38.8. The Bertz CT molecular complexity index is 1390. The van der Waals surface area contributed by atoms with Crippen molar-refractivity contribution in [2.45, 2.75) is 127 Å². The van der Waals surface area contributed by atoms with Crippen LogP contribution in [0.4, 0.5) is 0 Å². The Morgan fingerprint density at radius 3 is 2.62 bits per heavy atom. The van der Waals surface area contributed by atoms with Gasteiger partial charge in [0.05, 0.1) is 11.6 Å². The molecule has 2 aliphatic heterocycles. The van der Waals surface area contributed by atoms with Crippen LogP contribution in [0, 0.1) is 0 Å². The third-order valence-corrected chi connectivity index (χ3v) is 8.88. The first-order valence-electron chi connectivity index (χ1n) is 18.3. The molecule has 2 amide bonds. The number of hydroxylamine groups is 4. The second-order valence-corrected chi connectivity index (χ2v) is 13.4. The van der Waals surface area contributed by atoms with Gasteiger partial charge in [-0.1, -0.05) is 31.1 Å². The predicted molar refractivity (Wildman–Crippen MR) is 190 cm³/mol. The molecule has 1 aromatic rings. The molecule has 6 atom stereocenters. The molecule has 1 fully saturated rings. The first kappa shape index (κ1) is 43.3. The van der Waals surface area contributed by atoms with Gasteiger partial charge in [0, 0.05) is 25.9 Å². The molecule has 2 aliphatic rings. The molecule has 1 saturated heterocycles. The monoisotopic (exact) mass is 749 g/mol. The Morgan fingerprint density at radius 1 is 1.11 bits per heavy atom. The summed E-state index contributed by atoms with van der Waals surface area (Å²) in [6.07, 6.45) is 6.19. The molecule has 6 unspecified atom stereocenters. The van der Waals surface area contributed by atoms with Crippen molar-refractivity contribution < 1.29 is 59.5 Å². The summed E-state index contributed by atoms with van der Waals surface area (Å²) in [5.41, 5.74) is 0.315. The number of phenolic OH excluding ortho intramolecular Hbond substituents is 1. The van der Waals surface area contributed by atoms with E-state index in [1.54, 1.807) is 31.2 Å². The highest BCUT2D eigenvalue weighted by atomic mass is 16.5. The van der Waals surface area contributed by atoms with E-state index in [4.69, 9.17) is 14.6 Å². The van der Waals surface area contributed by atoms with Crippen LogP contribution in [-0.2, 0) is 28.7 Å². The number of aliphatic imine (C=N–C) groups is 1. The van der Waals surface area contributed by atoms with Crippen molar-refractivity contribution in [2.75, 3.05) is 19.7 Å². The molecule has 0 radical (unpaired) electrons. The number of phenols is 1. The molecule has 3 rings (SSSR count). The third-order valence-electron chi connectivity index (χ3n) is 8.88. The van der Waals surface area contributed by atoms with E-state index >= 15 is 0 Å². The van der Waals surface area contributed by atoms with Crippen LogP contribution < -0.4 is 10.6 Å². The number of carbonyl (C=O) groups excluding carboxylic acids is 3. The fraction of sp³-hybridized carbons (Fsp3) is 0.639. The number of aliphatic hydroxyl groups is 2. The van der Waals surface area contributed by atoms with E-state index in [9.17, 15) is 44.9 Å². The third kappa shape index (κ3) is 15.4. The number of aliphatic hydroxyl groups excluding tert-OH is 2. The van der Waals surface area contributed by atoms with Crippen LogP contribution in [0.25, 0.3) is 0 Å². The summed E-state index contributed by atoms with van der Waals surface area (Å²) in [7, 11) is 0. The van der Waals surface area contributed by atoms with E-state index in [2.05, 4.69) is 15.6 Å². The van der Waals surface area contributed by atoms with Gasteiger partial charge in [-0.3, -0.25) is 24.9 Å². The van der Waals surface area contributed by atoms with Crippen LogP contribution in [0.15, 0.2) is 41.4 Å². The van der Waals surface area contributed by atoms with Gasteiger partial charge in [-0.25, -0.2) is 14.9 Å². The summed E-state index contributed by atoms with van der Waals surface area (Å²) in [4.78, 5) is 53.9. The van der Waals surface area contributed by atoms with Gasteiger partial charge < -0.3 is 40.4 Å². The highest BCUT2D eigenvalue weighted by Crippen LogP contribution is 2.21. The van der Waals surface area contributed by atoms with Crippen LogP contribution in [0.3, 0.4) is 0 Å². The molecule has 17 heteroatoms. The zero-order valence-electron chi connectivity index (χ0n) is 30.2. The number of ether oxygens (including phenoxy) is 2. The minimum absolute atomic E-state index is 0.0561. The number of hydrogen-bond acceptors (Lipinski definition) is 14. The number of carboxylic acids is 1. The molecule has 2 heterocycles. The Balaban J connectivity index is 1.53. The number of para-hydroxylation sites is 1. The average molecular weight is 750 g/mol. The minimum atomic E-state index is -1.25. The number of esters is 1. The topological polar surface area (TPSA) is 251 Å². The molecule has 53 heavy (non-hydrogen) atoms. The van der Waals surface area contributed by atoms with Gasteiger partial charge >= 0.3 is 11.9 Å². The molecular formula is C36H55N5O12. The number of allylic oxidation sites excluding steroid dienone is 1. The summed E-state index contributed by atoms with van der Waals surface area (Å²) in [5, 5.41) is 66.7. The number of nitrogens with zero attached hydrogens (tertiary/aromatic N) is 3. The first-order valence-corrected chi connectivity index (χ1v) is 18.3. The summed E-state index contributed by atoms with van der Waals surface area (Å²) < 4.78 is 11.1. The molecule has 0 spiro atoms.